The highest BCUT2D eigenvalue weighted by Gasteiger charge is 2.33. The van der Waals surface area contributed by atoms with Crippen LogP contribution in [0.2, 0.25) is 15.1 Å². The van der Waals surface area contributed by atoms with Crippen molar-refractivity contribution in [2.75, 3.05) is 30.8 Å². The summed E-state index contributed by atoms with van der Waals surface area (Å²) in [5.74, 6) is -0.792. The standard InChI is InChI=1S/C28H30Cl3N3O5S/c1-4-32-28(36)25(15-19-8-6-5-7-9-19)33(17-20-10-12-22(30)23(31)14-20)27(35)18-34(40(3,37)38)24-16-21(29)11-13-26(24)39-2/h5-14,16,25H,4,15,17-18H2,1-3H3,(H,32,36)/t25-/m0/s1. The number of ether oxygens (including phenoxy) is 1. The van der Waals surface area contributed by atoms with Crippen molar-refractivity contribution in [3.8, 4) is 5.75 Å². The van der Waals surface area contributed by atoms with E-state index < -0.39 is 28.5 Å². The van der Waals surface area contributed by atoms with Gasteiger partial charge in [0.15, 0.2) is 0 Å². The Balaban J connectivity index is 2.10. The maximum Gasteiger partial charge on any atom is 0.244 e. The number of hydrogen-bond acceptors (Lipinski definition) is 5. The molecule has 2 amide bonds. The summed E-state index contributed by atoms with van der Waals surface area (Å²) in [4.78, 5) is 28.8. The van der Waals surface area contributed by atoms with Gasteiger partial charge in [-0.15, -0.1) is 0 Å². The first-order chi connectivity index (χ1) is 18.9. The number of amides is 2. The molecule has 0 aliphatic carbocycles. The SMILES string of the molecule is CCNC(=O)[C@H](Cc1ccccc1)N(Cc1ccc(Cl)c(Cl)c1)C(=O)CN(c1cc(Cl)ccc1OC)S(C)(=O)=O. The van der Waals surface area contributed by atoms with Crippen LogP contribution < -0.4 is 14.4 Å². The molecule has 3 aromatic rings. The maximum absolute atomic E-state index is 14.1. The lowest BCUT2D eigenvalue weighted by atomic mass is 10.0. The number of likely N-dealkylation sites (N-methyl/N-ethyl adjacent to an activating group) is 1. The van der Waals surface area contributed by atoms with Crippen LogP contribution in [-0.2, 0) is 32.6 Å². The van der Waals surface area contributed by atoms with Crippen LogP contribution in [-0.4, -0.2) is 57.6 Å². The van der Waals surface area contributed by atoms with Crippen molar-refractivity contribution in [1.82, 2.24) is 10.2 Å². The Bertz CT molecular complexity index is 1450. The highest BCUT2D eigenvalue weighted by Crippen LogP contribution is 2.33. The maximum atomic E-state index is 14.1. The molecule has 40 heavy (non-hydrogen) atoms. The lowest BCUT2D eigenvalue weighted by Gasteiger charge is -2.33. The van der Waals surface area contributed by atoms with E-state index in [2.05, 4.69) is 5.32 Å². The second-order valence-electron chi connectivity index (χ2n) is 8.96. The zero-order valence-electron chi connectivity index (χ0n) is 22.2. The van der Waals surface area contributed by atoms with Crippen LogP contribution in [0.25, 0.3) is 0 Å². The molecule has 0 heterocycles. The first-order valence-corrected chi connectivity index (χ1v) is 15.3. The number of nitrogens with zero attached hydrogens (tertiary/aromatic N) is 2. The smallest absolute Gasteiger partial charge is 0.244 e. The van der Waals surface area contributed by atoms with Crippen LogP contribution in [0.15, 0.2) is 66.7 Å². The molecule has 0 spiro atoms. The number of sulfonamides is 1. The third-order valence-electron chi connectivity index (χ3n) is 6.05. The van der Waals surface area contributed by atoms with Gasteiger partial charge in [-0.25, -0.2) is 8.42 Å². The molecular weight excluding hydrogens is 597 g/mol. The van der Waals surface area contributed by atoms with E-state index in [1.54, 1.807) is 31.2 Å². The first kappa shape index (κ1) is 31.5. The second kappa shape index (κ2) is 14.1. The van der Waals surface area contributed by atoms with E-state index in [0.29, 0.717) is 17.1 Å². The fourth-order valence-electron chi connectivity index (χ4n) is 4.13. The molecule has 12 heteroatoms. The van der Waals surface area contributed by atoms with Gasteiger partial charge in [-0.3, -0.25) is 13.9 Å². The lowest BCUT2D eigenvalue weighted by molar-refractivity contribution is -0.140. The van der Waals surface area contributed by atoms with Crippen molar-refractivity contribution in [2.24, 2.45) is 0 Å². The summed E-state index contributed by atoms with van der Waals surface area (Å²) in [6, 6.07) is 17.6. The first-order valence-electron chi connectivity index (χ1n) is 12.3. The summed E-state index contributed by atoms with van der Waals surface area (Å²) >= 11 is 18.5. The minimum Gasteiger partial charge on any atom is -0.495 e. The lowest BCUT2D eigenvalue weighted by Crippen LogP contribution is -2.53. The topological polar surface area (TPSA) is 96.0 Å². The quantitative estimate of drug-likeness (QED) is 0.298. The summed E-state index contributed by atoms with van der Waals surface area (Å²) in [6.45, 7) is 1.48. The molecule has 0 aromatic heterocycles. The molecule has 0 unspecified atom stereocenters. The van der Waals surface area contributed by atoms with Gasteiger partial charge in [0.25, 0.3) is 0 Å². The zero-order valence-corrected chi connectivity index (χ0v) is 25.3. The Morgan fingerprint density at radius 2 is 1.65 bits per heavy atom. The number of methoxy groups -OCH3 is 1. The molecule has 0 aliphatic rings. The third-order valence-corrected chi connectivity index (χ3v) is 8.15. The third kappa shape index (κ3) is 8.27. The van der Waals surface area contributed by atoms with Gasteiger partial charge in [0.1, 0.15) is 18.3 Å². The van der Waals surface area contributed by atoms with Crippen molar-refractivity contribution in [3.63, 3.8) is 0 Å². The molecule has 8 nitrogen and oxygen atoms in total. The van der Waals surface area contributed by atoms with E-state index in [1.807, 2.05) is 30.3 Å². The molecule has 0 bridgehead atoms. The van der Waals surface area contributed by atoms with Gasteiger partial charge in [-0.2, -0.15) is 0 Å². The van der Waals surface area contributed by atoms with E-state index >= 15 is 0 Å². The number of nitrogens with one attached hydrogen (secondary N) is 1. The van der Waals surface area contributed by atoms with Crippen molar-refractivity contribution in [3.05, 3.63) is 92.9 Å². The molecule has 1 N–H and O–H groups in total. The number of carbonyl (C=O) groups is 2. The number of halogens is 3. The van der Waals surface area contributed by atoms with Crippen LogP contribution in [0.4, 0.5) is 5.69 Å². The predicted octanol–water partition coefficient (Wildman–Crippen LogP) is 5.20. The fourth-order valence-corrected chi connectivity index (χ4v) is 5.47. The minimum atomic E-state index is -3.99. The summed E-state index contributed by atoms with van der Waals surface area (Å²) in [5.41, 5.74) is 1.52. The number of rotatable bonds is 12. The number of hydrogen-bond donors (Lipinski definition) is 1. The molecule has 3 aromatic carbocycles. The average molecular weight is 627 g/mol. The molecule has 214 valence electrons. The highest BCUT2D eigenvalue weighted by atomic mass is 35.5. The van der Waals surface area contributed by atoms with Crippen LogP contribution in [0.3, 0.4) is 0 Å². The minimum absolute atomic E-state index is 0.0331. The molecular formula is C28H30Cl3N3O5S. The summed E-state index contributed by atoms with van der Waals surface area (Å²) in [7, 11) is -2.60. The average Bonchev–Trinajstić information content (AvgIpc) is 2.91. The summed E-state index contributed by atoms with van der Waals surface area (Å²) in [5, 5.41) is 3.68. The van der Waals surface area contributed by atoms with Crippen LogP contribution in [0, 0.1) is 0 Å². The van der Waals surface area contributed by atoms with Gasteiger partial charge >= 0.3 is 0 Å². The van der Waals surface area contributed by atoms with Crippen molar-refractivity contribution < 1.29 is 22.7 Å². The van der Waals surface area contributed by atoms with Crippen LogP contribution >= 0.6 is 34.8 Å². The number of anilines is 1. The van der Waals surface area contributed by atoms with E-state index in [4.69, 9.17) is 39.5 Å². The van der Waals surface area contributed by atoms with Gasteiger partial charge in [-0.1, -0.05) is 71.2 Å². The second-order valence-corrected chi connectivity index (χ2v) is 12.1. The van der Waals surface area contributed by atoms with Gasteiger partial charge in [0.2, 0.25) is 21.8 Å². The molecule has 0 saturated heterocycles. The Labute approximate surface area is 249 Å². The van der Waals surface area contributed by atoms with Gasteiger partial charge in [0, 0.05) is 24.5 Å². The highest BCUT2D eigenvalue weighted by molar-refractivity contribution is 7.92. The van der Waals surface area contributed by atoms with Crippen LogP contribution in [0.1, 0.15) is 18.1 Å². The zero-order chi connectivity index (χ0) is 29.4. The molecule has 3 rings (SSSR count). The van der Waals surface area contributed by atoms with Crippen molar-refractivity contribution in [1.29, 1.82) is 0 Å². The Hall–Kier alpha value is -2.98. The molecule has 1 atom stereocenters. The molecule has 0 aliphatic heterocycles. The molecule has 0 saturated carbocycles. The number of carbonyl (C=O) groups excluding carboxylic acids is 2. The Morgan fingerprint density at radius 3 is 2.25 bits per heavy atom. The Kier molecular flexibility index (Phi) is 11.1. The van der Waals surface area contributed by atoms with Gasteiger partial charge < -0.3 is 15.0 Å². The predicted molar refractivity (Wildman–Crippen MR) is 160 cm³/mol. The van der Waals surface area contributed by atoms with E-state index in [1.165, 1.54) is 24.1 Å². The van der Waals surface area contributed by atoms with E-state index in [9.17, 15) is 18.0 Å². The summed E-state index contributed by atoms with van der Waals surface area (Å²) < 4.78 is 32.2. The van der Waals surface area contributed by atoms with Crippen LogP contribution in [0.5, 0.6) is 5.75 Å². The molecule has 0 fully saturated rings. The van der Waals surface area contributed by atoms with Gasteiger partial charge in [0.05, 0.1) is 29.1 Å². The van der Waals surface area contributed by atoms with E-state index in [0.717, 1.165) is 16.1 Å². The number of benzene rings is 3. The summed E-state index contributed by atoms with van der Waals surface area (Å²) in [6.07, 6.45) is 1.17. The monoisotopic (exact) mass is 625 g/mol. The van der Waals surface area contributed by atoms with Crippen molar-refractivity contribution >= 4 is 62.3 Å². The van der Waals surface area contributed by atoms with Crippen molar-refractivity contribution in [2.45, 2.75) is 25.9 Å². The van der Waals surface area contributed by atoms with E-state index in [-0.39, 0.29) is 40.4 Å². The molecule has 0 radical (unpaired) electrons. The Morgan fingerprint density at radius 1 is 0.950 bits per heavy atom. The normalized spacial score (nSPS) is 11.9. The largest absolute Gasteiger partial charge is 0.495 e. The fraction of sp³-hybridized carbons (Fsp3) is 0.286. The van der Waals surface area contributed by atoms with Gasteiger partial charge in [-0.05, 0) is 48.4 Å².